The van der Waals surface area contributed by atoms with Gasteiger partial charge in [0.15, 0.2) is 5.13 Å². The van der Waals surface area contributed by atoms with Crippen LogP contribution in [0.2, 0.25) is 0 Å². The first-order chi connectivity index (χ1) is 13.0. The van der Waals surface area contributed by atoms with Crippen LogP contribution in [0.15, 0.2) is 30.6 Å². The number of hydrogen-bond acceptors (Lipinski definition) is 9. The summed E-state index contributed by atoms with van der Waals surface area (Å²) in [6.45, 7) is 4.19. The van der Waals surface area contributed by atoms with E-state index in [1.54, 1.807) is 7.11 Å². The minimum atomic E-state index is -0.508. The standard InChI is InChI=1S/C17H18N6O3S/c1-10-11(2)27-17(21-10)22-16-14(23(24)25)15(19-9-20-16)18-8-12-4-6-13(26-3)7-5-12/h4-7,9H,8H2,1-3H3,(H2,18,19,20,21,22). The predicted molar refractivity (Wildman–Crippen MR) is 104 cm³/mol. The SMILES string of the molecule is COc1ccc(CNc2ncnc(Nc3nc(C)c(C)s3)c2[N+](=O)[O-])cc1. The number of thiazole rings is 1. The van der Waals surface area contributed by atoms with Gasteiger partial charge >= 0.3 is 5.69 Å². The van der Waals surface area contributed by atoms with Crippen LogP contribution in [0.4, 0.5) is 22.5 Å². The number of ether oxygens (including phenoxy) is 1. The maximum absolute atomic E-state index is 11.6. The molecule has 10 heteroatoms. The van der Waals surface area contributed by atoms with Gasteiger partial charge in [-0.25, -0.2) is 15.0 Å². The number of anilines is 3. The van der Waals surface area contributed by atoms with E-state index in [2.05, 4.69) is 25.6 Å². The van der Waals surface area contributed by atoms with Gasteiger partial charge in [0, 0.05) is 11.4 Å². The van der Waals surface area contributed by atoms with Crippen LogP contribution in [0.3, 0.4) is 0 Å². The molecule has 0 aliphatic heterocycles. The lowest BCUT2D eigenvalue weighted by molar-refractivity contribution is -0.383. The third-order valence-corrected chi connectivity index (χ3v) is 4.87. The van der Waals surface area contributed by atoms with E-state index < -0.39 is 4.92 Å². The second kappa shape index (κ2) is 7.96. The van der Waals surface area contributed by atoms with E-state index in [9.17, 15) is 10.1 Å². The summed E-state index contributed by atoms with van der Waals surface area (Å²) < 4.78 is 5.12. The number of aryl methyl sites for hydroxylation is 2. The minimum absolute atomic E-state index is 0.0981. The summed E-state index contributed by atoms with van der Waals surface area (Å²) >= 11 is 1.41. The lowest BCUT2D eigenvalue weighted by atomic mass is 10.2. The molecule has 0 fully saturated rings. The number of aromatic nitrogens is 3. The van der Waals surface area contributed by atoms with Crippen molar-refractivity contribution in [2.24, 2.45) is 0 Å². The zero-order valence-corrected chi connectivity index (χ0v) is 15.8. The van der Waals surface area contributed by atoms with Crippen molar-refractivity contribution >= 4 is 33.8 Å². The van der Waals surface area contributed by atoms with Crippen molar-refractivity contribution in [1.82, 2.24) is 15.0 Å². The molecule has 1 aromatic carbocycles. The van der Waals surface area contributed by atoms with E-state index >= 15 is 0 Å². The van der Waals surface area contributed by atoms with E-state index in [1.165, 1.54) is 17.7 Å². The highest BCUT2D eigenvalue weighted by molar-refractivity contribution is 7.15. The van der Waals surface area contributed by atoms with E-state index in [0.29, 0.717) is 11.7 Å². The fraction of sp³-hybridized carbons (Fsp3) is 0.235. The molecule has 3 rings (SSSR count). The molecule has 0 radical (unpaired) electrons. The van der Waals surface area contributed by atoms with Crippen molar-refractivity contribution in [1.29, 1.82) is 0 Å². The Morgan fingerprint density at radius 2 is 1.89 bits per heavy atom. The predicted octanol–water partition coefficient (Wildman–Crippen LogP) is 3.82. The monoisotopic (exact) mass is 386 g/mol. The van der Waals surface area contributed by atoms with Gasteiger partial charge < -0.3 is 15.4 Å². The Labute approximate surface area is 159 Å². The summed E-state index contributed by atoms with van der Waals surface area (Å²) in [5, 5.41) is 18.1. The van der Waals surface area contributed by atoms with Crippen molar-refractivity contribution in [2.75, 3.05) is 17.7 Å². The average Bonchev–Trinajstić information content (AvgIpc) is 2.97. The average molecular weight is 386 g/mol. The van der Waals surface area contributed by atoms with Crippen molar-refractivity contribution < 1.29 is 9.66 Å². The van der Waals surface area contributed by atoms with Crippen molar-refractivity contribution in [3.05, 3.63) is 56.8 Å². The molecule has 0 saturated heterocycles. The third-order valence-electron chi connectivity index (χ3n) is 3.88. The maximum atomic E-state index is 11.6. The highest BCUT2D eigenvalue weighted by atomic mass is 32.1. The van der Waals surface area contributed by atoms with Gasteiger partial charge in [-0.1, -0.05) is 12.1 Å². The van der Waals surface area contributed by atoms with Gasteiger partial charge in [0.2, 0.25) is 11.6 Å². The number of nitrogens with zero attached hydrogens (tertiary/aromatic N) is 4. The molecule has 0 bridgehead atoms. The van der Waals surface area contributed by atoms with Crippen molar-refractivity contribution in [2.45, 2.75) is 20.4 Å². The summed E-state index contributed by atoms with van der Waals surface area (Å²) in [5.74, 6) is 0.978. The quantitative estimate of drug-likeness (QED) is 0.465. The van der Waals surface area contributed by atoms with Gasteiger partial charge in [-0.15, -0.1) is 11.3 Å². The number of methoxy groups -OCH3 is 1. The molecule has 0 aliphatic carbocycles. The van der Waals surface area contributed by atoms with Crippen LogP contribution in [-0.4, -0.2) is 27.0 Å². The first-order valence-electron chi connectivity index (χ1n) is 8.05. The number of benzene rings is 1. The Balaban J connectivity index is 1.83. The first kappa shape index (κ1) is 18.5. The largest absolute Gasteiger partial charge is 0.497 e. The highest BCUT2D eigenvalue weighted by Crippen LogP contribution is 2.33. The lowest BCUT2D eigenvalue weighted by Gasteiger charge is -2.09. The third kappa shape index (κ3) is 4.29. The summed E-state index contributed by atoms with van der Waals surface area (Å²) in [6, 6.07) is 7.40. The molecule has 0 amide bonds. The Morgan fingerprint density at radius 1 is 1.19 bits per heavy atom. The van der Waals surface area contributed by atoms with Crippen molar-refractivity contribution in [3.8, 4) is 5.75 Å². The van der Waals surface area contributed by atoms with Crippen LogP contribution in [0.1, 0.15) is 16.1 Å². The molecule has 2 heterocycles. The first-order valence-corrected chi connectivity index (χ1v) is 8.87. The van der Waals surface area contributed by atoms with E-state index in [1.807, 2.05) is 38.1 Å². The van der Waals surface area contributed by atoms with Gasteiger partial charge in [-0.3, -0.25) is 10.1 Å². The summed E-state index contributed by atoms with van der Waals surface area (Å²) in [6.07, 6.45) is 1.28. The van der Waals surface area contributed by atoms with Crippen LogP contribution < -0.4 is 15.4 Å². The molecule has 0 unspecified atom stereocenters. The van der Waals surface area contributed by atoms with Crippen LogP contribution >= 0.6 is 11.3 Å². The molecule has 0 aliphatic rings. The fourth-order valence-corrected chi connectivity index (χ4v) is 3.14. The van der Waals surface area contributed by atoms with Gasteiger partial charge in [0.25, 0.3) is 0 Å². The van der Waals surface area contributed by atoms with Crippen LogP contribution in [0.25, 0.3) is 0 Å². The molecule has 27 heavy (non-hydrogen) atoms. The molecular formula is C17H18N6O3S. The lowest BCUT2D eigenvalue weighted by Crippen LogP contribution is -2.08. The molecule has 3 aromatic rings. The molecule has 0 atom stereocenters. The Bertz CT molecular complexity index is 938. The van der Waals surface area contributed by atoms with E-state index in [0.717, 1.165) is 21.9 Å². The smallest absolute Gasteiger partial charge is 0.353 e. The molecule has 2 N–H and O–H groups in total. The van der Waals surface area contributed by atoms with Crippen LogP contribution in [0.5, 0.6) is 5.75 Å². The second-order valence-corrected chi connectivity index (χ2v) is 6.87. The molecule has 9 nitrogen and oxygen atoms in total. The Kier molecular flexibility index (Phi) is 5.46. The number of hydrogen-bond donors (Lipinski definition) is 2. The number of nitro groups is 1. The highest BCUT2D eigenvalue weighted by Gasteiger charge is 2.23. The van der Waals surface area contributed by atoms with Gasteiger partial charge in [-0.05, 0) is 31.5 Å². The molecule has 2 aromatic heterocycles. The zero-order chi connectivity index (χ0) is 19.4. The summed E-state index contributed by atoms with van der Waals surface area (Å²) in [7, 11) is 1.59. The Morgan fingerprint density at radius 3 is 2.48 bits per heavy atom. The normalized spacial score (nSPS) is 10.5. The van der Waals surface area contributed by atoms with Crippen LogP contribution in [-0.2, 0) is 6.54 Å². The summed E-state index contributed by atoms with van der Waals surface area (Å²) in [4.78, 5) is 24.5. The van der Waals surface area contributed by atoms with Crippen LogP contribution in [0, 0.1) is 24.0 Å². The van der Waals surface area contributed by atoms with Gasteiger partial charge in [0.1, 0.15) is 12.1 Å². The molecule has 140 valence electrons. The van der Waals surface area contributed by atoms with Gasteiger partial charge in [0.05, 0.1) is 17.7 Å². The Hall–Kier alpha value is -3.27. The minimum Gasteiger partial charge on any atom is -0.497 e. The number of rotatable bonds is 7. The topological polar surface area (TPSA) is 115 Å². The maximum Gasteiger partial charge on any atom is 0.353 e. The van der Waals surface area contributed by atoms with Gasteiger partial charge in [-0.2, -0.15) is 0 Å². The van der Waals surface area contributed by atoms with E-state index in [-0.39, 0.29) is 17.3 Å². The van der Waals surface area contributed by atoms with E-state index in [4.69, 9.17) is 4.74 Å². The molecule has 0 spiro atoms. The van der Waals surface area contributed by atoms with Crippen molar-refractivity contribution in [3.63, 3.8) is 0 Å². The fourth-order valence-electron chi connectivity index (χ4n) is 2.33. The molecule has 0 saturated carbocycles. The summed E-state index contributed by atoms with van der Waals surface area (Å²) in [5.41, 5.74) is 1.58. The number of nitrogens with one attached hydrogen (secondary N) is 2. The second-order valence-electron chi connectivity index (χ2n) is 5.66. The zero-order valence-electron chi connectivity index (χ0n) is 15.0. The molecular weight excluding hydrogens is 368 g/mol.